The van der Waals surface area contributed by atoms with Crippen molar-refractivity contribution in [1.82, 2.24) is 0 Å². The Hall–Kier alpha value is -2.18. The van der Waals surface area contributed by atoms with Gasteiger partial charge in [0.05, 0.1) is 10.5 Å². The normalized spacial score (nSPS) is 21.4. The molecule has 0 amide bonds. The third-order valence-electron chi connectivity index (χ3n) is 10.5. The number of rotatable bonds is 6. The molecule has 4 aliphatic carbocycles. The molecule has 0 bridgehead atoms. The molecule has 0 unspecified atom stereocenters. The van der Waals surface area contributed by atoms with Crippen LogP contribution in [0.4, 0.5) is 0 Å². The van der Waals surface area contributed by atoms with Gasteiger partial charge in [0, 0.05) is 0 Å². The van der Waals surface area contributed by atoms with Gasteiger partial charge in [-0.2, -0.15) is 0 Å². The van der Waals surface area contributed by atoms with Gasteiger partial charge in [0.1, 0.15) is 15.9 Å². The molecule has 0 spiro atoms. The molecule has 0 N–H and O–H groups in total. The second-order valence-electron chi connectivity index (χ2n) is 13.1. The molecular weight excluding hydrogens is 532 g/mol. The fraction of sp³-hybridized carbons (Fsp3) is 0.629. The molecule has 6 rings (SSSR count). The lowest BCUT2D eigenvalue weighted by Gasteiger charge is -2.32. The zero-order chi connectivity index (χ0) is 28.4. The van der Waals surface area contributed by atoms with Crippen molar-refractivity contribution >= 4 is 16.1 Å². The minimum absolute atomic E-state index is 0.158. The van der Waals surface area contributed by atoms with Gasteiger partial charge in [-0.15, -0.1) is 0 Å². The van der Waals surface area contributed by atoms with Gasteiger partial charge >= 0.3 is 5.97 Å². The zero-order valence-corrected chi connectivity index (χ0v) is 25.2. The third-order valence-corrected chi connectivity index (χ3v) is 11.4. The number of carbonyl (C=O) groups excluding carboxylic acids is 1. The van der Waals surface area contributed by atoms with Crippen LogP contribution in [-0.4, -0.2) is 18.9 Å². The highest BCUT2D eigenvalue weighted by atomic mass is 32.2. The largest absolute Gasteiger partial charge is 0.744 e. The van der Waals surface area contributed by atoms with E-state index in [9.17, 15) is 17.8 Å². The molecule has 0 radical (unpaired) electrons. The van der Waals surface area contributed by atoms with Crippen molar-refractivity contribution in [2.24, 2.45) is 0 Å². The number of hydrogen-bond donors (Lipinski definition) is 0. The van der Waals surface area contributed by atoms with Crippen LogP contribution in [0.2, 0.25) is 0 Å². The molecule has 0 heterocycles. The Bertz CT molecular complexity index is 1320. The molecule has 2 aromatic carbocycles. The van der Waals surface area contributed by atoms with E-state index >= 15 is 0 Å². The summed E-state index contributed by atoms with van der Waals surface area (Å²) in [5.74, 6) is 1.45. The van der Waals surface area contributed by atoms with E-state index in [0.29, 0.717) is 41.9 Å². The highest BCUT2D eigenvalue weighted by molar-refractivity contribution is 7.85. The van der Waals surface area contributed by atoms with Crippen LogP contribution in [0.3, 0.4) is 0 Å². The molecule has 2 aromatic rings. The van der Waals surface area contributed by atoms with E-state index < -0.39 is 10.1 Å². The molecule has 0 aliphatic heterocycles. The van der Waals surface area contributed by atoms with Gasteiger partial charge in [-0.05, 0) is 122 Å². The number of esters is 1. The van der Waals surface area contributed by atoms with Crippen LogP contribution in [-0.2, 0) is 23.0 Å². The first-order chi connectivity index (χ1) is 19.9. The highest BCUT2D eigenvalue weighted by Gasteiger charge is 2.32. The van der Waals surface area contributed by atoms with Crippen molar-refractivity contribution in [1.29, 1.82) is 0 Å². The monoisotopic (exact) mass is 577 g/mol. The van der Waals surface area contributed by atoms with Crippen LogP contribution in [0.5, 0.6) is 5.75 Å². The van der Waals surface area contributed by atoms with Crippen molar-refractivity contribution in [3.8, 4) is 5.75 Å². The Kier molecular flexibility index (Phi) is 8.88. The molecule has 3 saturated carbocycles. The molecule has 0 saturated heterocycles. The first kappa shape index (κ1) is 28.9. The Balaban J connectivity index is 1.45. The summed E-state index contributed by atoms with van der Waals surface area (Å²) < 4.78 is 42.3. The predicted molar refractivity (Wildman–Crippen MR) is 160 cm³/mol. The van der Waals surface area contributed by atoms with Crippen LogP contribution in [0, 0.1) is 0 Å². The van der Waals surface area contributed by atoms with Gasteiger partial charge in [0.2, 0.25) is 0 Å². The smallest absolute Gasteiger partial charge is 0.344 e. The predicted octanol–water partition coefficient (Wildman–Crippen LogP) is 8.83. The Morgan fingerprint density at radius 1 is 0.659 bits per heavy atom. The minimum Gasteiger partial charge on any atom is -0.744 e. The summed E-state index contributed by atoms with van der Waals surface area (Å²) in [6, 6.07) is 7.67. The summed E-state index contributed by atoms with van der Waals surface area (Å²) in [6.45, 7) is 0. The minimum atomic E-state index is -4.59. The maximum atomic E-state index is 14.4. The van der Waals surface area contributed by atoms with Crippen molar-refractivity contribution in [2.45, 2.75) is 145 Å². The molecule has 3 fully saturated rings. The van der Waals surface area contributed by atoms with Gasteiger partial charge in [-0.1, -0.05) is 69.9 Å². The van der Waals surface area contributed by atoms with Crippen molar-refractivity contribution < 1.29 is 22.5 Å². The van der Waals surface area contributed by atoms with E-state index in [4.69, 9.17) is 4.74 Å². The lowest BCUT2D eigenvalue weighted by Crippen LogP contribution is -2.22. The van der Waals surface area contributed by atoms with E-state index in [1.165, 1.54) is 93.4 Å². The fourth-order valence-electron chi connectivity index (χ4n) is 8.37. The maximum Gasteiger partial charge on any atom is 0.344 e. The molecule has 41 heavy (non-hydrogen) atoms. The first-order valence-corrected chi connectivity index (χ1v) is 17.8. The average Bonchev–Trinajstić information content (AvgIpc) is 3.01. The van der Waals surface area contributed by atoms with E-state index in [0.717, 1.165) is 49.7 Å². The SMILES string of the molecule is O=C(Oc1ccc(S(=O)(=O)[O-])c2c1CCCC2)c1c(C2CCCCC2)cc(C2CCCCC2)cc1C1CCCCC1. The summed E-state index contributed by atoms with van der Waals surface area (Å²) in [5, 5.41) is 0. The Morgan fingerprint density at radius 3 is 1.66 bits per heavy atom. The summed E-state index contributed by atoms with van der Waals surface area (Å²) in [7, 11) is -4.59. The van der Waals surface area contributed by atoms with E-state index in [-0.39, 0.29) is 10.9 Å². The number of fused-ring (bicyclic) bond motifs is 1. The van der Waals surface area contributed by atoms with E-state index in [1.54, 1.807) is 6.07 Å². The Labute approximate surface area is 246 Å². The van der Waals surface area contributed by atoms with Gasteiger partial charge in [-0.25, -0.2) is 13.2 Å². The molecular formula is C35H45O5S-. The molecule has 5 nitrogen and oxygen atoms in total. The van der Waals surface area contributed by atoms with Crippen LogP contribution in [0.15, 0.2) is 29.2 Å². The quantitative estimate of drug-likeness (QED) is 0.195. The van der Waals surface area contributed by atoms with Crippen LogP contribution >= 0.6 is 0 Å². The molecule has 6 heteroatoms. The lowest BCUT2D eigenvalue weighted by atomic mass is 9.73. The van der Waals surface area contributed by atoms with E-state index in [1.807, 2.05) is 0 Å². The molecule has 0 aromatic heterocycles. The van der Waals surface area contributed by atoms with Gasteiger partial charge in [0.15, 0.2) is 0 Å². The van der Waals surface area contributed by atoms with E-state index in [2.05, 4.69) is 12.1 Å². The van der Waals surface area contributed by atoms with Crippen LogP contribution in [0.1, 0.15) is 165 Å². The van der Waals surface area contributed by atoms with Gasteiger partial charge in [0.25, 0.3) is 0 Å². The Morgan fingerprint density at radius 2 is 1.15 bits per heavy atom. The summed E-state index contributed by atoms with van der Waals surface area (Å²) in [4.78, 5) is 14.2. The summed E-state index contributed by atoms with van der Waals surface area (Å²) in [5.41, 5.74) is 5.89. The zero-order valence-electron chi connectivity index (χ0n) is 24.4. The molecule has 4 aliphatic rings. The summed E-state index contributed by atoms with van der Waals surface area (Å²) >= 11 is 0. The number of benzene rings is 2. The van der Waals surface area contributed by atoms with Crippen LogP contribution < -0.4 is 4.74 Å². The van der Waals surface area contributed by atoms with Crippen molar-refractivity contribution in [3.05, 3.63) is 57.6 Å². The van der Waals surface area contributed by atoms with Gasteiger partial charge in [-0.3, -0.25) is 0 Å². The molecule has 0 atom stereocenters. The maximum absolute atomic E-state index is 14.4. The average molecular weight is 578 g/mol. The molecule has 222 valence electrons. The van der Waals surface area contributed by atoms with Crippen LogP contribution in [0.25, 0.3) is 0 Å². The standard InChI is InChI=1S/C35H46O5S/c36-35(40-32-20-21-33(41(37,38)39)29-19-11-10-18-28(29)32)34-30(25-14-6-2-7-15-25)22-27(24-12-4-1-5-13-24)23-31(34)26-16-8-3-9-17-26/h20-26H,1-19H2,(H,37,38,39)/p-1. The van der Waals surface area contributed by atoms with Crippen molar-refractivity contribution in [2.75, 3.05) is 0 Å². The topological polar surface area (TPSA) is 83.5 Å². The second kappa shape index (κ2) is 12.6. The van der Waals surface area contributed by atoms with Crippen molar-refractivity contribution in [3.63, 3.8) is 0 Å². The number of hydrogen-bond acceptors (Lipinski definition) is 5. The first-order valence-electron chi connectivity index (χ1n) is 16.4. The summed E-state index contributed by atoms with van der Waals surface area (Å²) in [6.07, 6.45) is 21.0. The lowest BCUT2D eigenvalue weighted by molar-refractivity contribution is 0.0728. The van der Waals surface area contributed by atoms with Gasteiger partial charge < -0.3 is 9.29 Å². The number of ether oxygens (including phenoxy) is 1. The fourth-order valence-corrected chi connectivity index (χ4v) is 9.13. The third kappa shape index (κ3) is 6.29. The second-order valence-corrected chi connectivity index (χ2v) is 14.5. The number of carbonyl (C=O) groups is 1. The highest BCUT2D eigenvalue weighted by Crippen LogP contribution is 2.45.